The maximum absolute atomic E-state index is 13.3. The van der Waals surface area contributed by atoms with Gasteiger partial charge in [-0.2, -0.15) is 0 Å². The molecule has 1 aromatic carbocycles. The molecule has 2 aromatic rings. The van der Waals surface area contributed by atoms with Gasteiger partial charge in [0.15, 0.2) is 0 Å². The van der Waals surface area contributed by atoms with Crippen LogP contribution < -0.4 is 0 Å². The monoisotopic (exact) mass is 381 g/mol. The van der Waals surface area contributed by atoms with Crippen LogP contribution in [0, 0.1) is 5.92 Å². The van der Waals surface area contributed by atoms with Crippen LogP contribution in [-0.2, 0) is 11.2 Å². The molecule has 1 amide bonds. The number of aromatic amines is 1. The third-order valence-electron chi connectivity index (χ3n) is 6.32. The number of nitrogens with one attached hydrogen (secondary N) is 1. The molecule has 5 heteroatoms. The number of hydrogen-bond acceptors (Lipinski definition) is 3. The van der Waals surface area contributed by atoms with Crippen LogP contribution in [-0.4, -0.2) is 58.2 Å². The minimum absolute atomic E-state index is 0.0379. The second-order valence-electron chi connectivity index (χ2n) is 8.30. The van der Waals surface area contributed by atoms with Crippen molar-refractivity contribution >= 4 is 22.4 Å². The van der Waals surface area contributed by atoms with Gasteiger partial charge in [-0.05, 0) is 49.6 Å². The lowest BCUT2D eigenvalue weighted by atomic mass is 9.79. The standard InChI is InChI=1S/C23H31N3O2/c1-4-5-6-10-26(15(2)27)23(28)17-11-19-18-8-7-9-20-22(18)16(13-24-20)12-21(19)25(3)14-17/h7-9,11,13,15,17,21,24,27H,4-6,10,12,14H2,1-3H3/t15?,17-,21-/m1/s1. The highest BCUT2D eigenvalue weighted by Crippen LogP contribution is 2.41. The first kappa shape index (κ1) is 19.2. The van der Waals surface area contributed by atoms with Gasteiger partial charge in [0.05, 0.1) is 5.92 Å². The van der Waals surface area contributed by atoms with E-state index in [1.807, 2.05) is 0 Å². The van der Waals surface area contributed by atoms with E-state index < -0.39 is 6.23 Å². The van der Waals surface area contributed by atoms with E-state index in [1.165, 1.54) is 22.1 Å². The van der Waals surface area contributed by atoms with Crippen LogP contribution in [0.4, 0.5) is 0 Å². The van der Waals surface area contributed by atoms with E-state index in [4.69, 9.17) is 0 Å². The van der Waals surface area contributed by atoms with Crippen molar-refractivity contribution in [3.05, 3.63) is 41.6 Å². The first-order valence-corrected chi connectivity index (χ1v) is 10.5. The summed E-state index contributed by atoms with van der Waals surface area (Å²) < 4.78 is 0. The highest BCUT2D eigenvalue weighted by Gasteiger charge is 2.37. The molecule has 1 unspecified atom stereocenters. The zero-order chi connectivity index (χ0) is 19.8. The van der Waals surface area contributed by atoms with Gasteiger partial charge in [0.25, 0.3) is 0 Å². The van der Waals surface area contributed by atoms with Gasteiger partial charge in [-0.15, -0.1) is 0 Å². The lowest BCUT2D eigenvalue weighted by Crippen LogP contribution is -2.49. The third kappa shape index (κ3) is 3.27. The molecule has 0 radical (unpaired) electrons. The number of unbranched alkanes of at least 4 members (excludes halogenated alkanes) is 2. The number of carbonyl (C=O) groups is 1. The summed E-state index contributed by atoms with van der Waals surface area (Å²) in [6, 6.07) is 6.67. The molecular formula is C23H31N3O2. The van der Waals surface area contributed by atoms with E-state index in [0.29, 0.717) is 19.1 Å². The highest BCUT2D eigenvalue weighted by atomic mass is 16.3. The molecule has 3 atom stereocenters. The number of benzene rings is 1. The summed E-state index contributed by atoms with van der Waals surface area (Å²) in [5.74, 6) is -0.181. The van der Waals surface area contributed by atoms with Crippen LogP contribution in [0.5, 0.6) is 0 Å². The Morgan fingerprint density at radius 3 is 2.96 bits per heavy atom. The van der Waals surface area contributed by atoms with Crippen LogP contribution >= 0.6 is 0 Å². The van der Waals surface area contributed by atoms with Gasteiger partial charge in [0.2, 0.25) is 5.91 Å². The average molecular weight is 382 g/mol. The summed E-state index contributed by atoms with van der Waals surface area (Å²) in [6.07, 6.45) is 7.62. The minimum Gasteiger partial charge on any atom is -0.374 e. The van der Waals surface area contributed by atoms with Gasteiger partial charge >= 0.3 is 0 Å². The van der Waals surface area contributed by atoms with E-state index in [9.17, 15) is 9.90 Å². The van der Waals surface area contributed by atoms with Gasteiger partial charge in [-0.25, -0.2) is 0 Å². The Bertz CT molecular complexity index is 898. The molecule has 0 bridgehead atoms. The SMILES string of the molecule is CCCCCN(C(=O)[C@@H]1C=C2c3cccc4[nH]cc(c34)C[C@H]2N(C)C1)C(C)O. The Hall–Kier alpha value is -2.11. The molecule has 0 saturated heterocycles. The molecule has 4 rings (SSSR count). The molecule has 1 aromatic heterocycles. The molecule has 1 aliphatic heterocycles. The number of hydrogen-bond donors (Lipinski definition) is 2. The molecule has 0 saturated carbocycles. The first-order chi connectivity index (χ1) is 13.5. The summed E-state index contributed by atoms with van der Waals surface area (Å²) in [6.45, 7) is 5.16. The summed E-state index contributed by atoms with van der Waals surface area (Å²) >= 11 is 0. The average Bonchev–Trinajstić information content (AvgIpc) is 3.09. The lowest BCUT2D eigenvalue weighted by molar-refractivity contribution is -0.144. The van der Waals surface area contributed by atoms with E-state index in [0.717, 1.165) is 31.2 Å². The van der Waals surface area contributed by atoms with Gasteiger partial charge in [0.1, 0.15) is 6.23 Å². The van der Waals surface area contributed by atoms with Crippen molar-refractivity contribution < 1.29 is 9.90 Å². The Morgan fingerprint density at radius 1 is 1.39 bits per heavy atom. The molecule has 150 valence electrons. The van der Waals surface area contributed by atoms with E-state index in [2.05, 4.69) is 54.3 Å². The number of H-pyrrole nitrogens is 1. The van der Waals surface area contributed by atoms with E-state index >= 15 is 0 Å². The molecule has 2 heterocycles. The molecule has 0 fully saturated rings. The maximum atomic E-state index is 13.3. The van der Waals surface area contributed by atoms with Gasteiger partial charge in [-0.1, -0.05) is 38.0 Å². The number of aliphatic hydroxyl groups is 1. The van der Waals surface area contributed by atoms with Crippen LogP contribution in [0.25, 0.3) is 16.5 Å². The topological polar surface area (TPSA) is 59.6 Å². The summed E-state index contributed by atoms with van der Waals surface area (Å²) in [5.41, 5.74) is 5.01. The fourth-order valence-corrected chi connectivity index (χ4v) is 4.83. The molecule has 1 aliphatic carbocycles. The molecule has 28 heavy (non-hydrogen) atoms. The van der Waals surface area contributed by atoms with E-state index in [-0.39, 0.29) is 11.8 Å². The fourth-order valence-electron chi connectivity index (χ4n) is 4.83. The first-order valence-electron chi connectivity index (χ1n) is 10.5. The molecule has 0 spiro atoms. The summed E-state index contributed by atoms with van der Waals surface area (Å²) in [7, 11) is 2.11. The number of fused-ring (bicyclic) bond motifs is 2. The van der Waals surface area contributed by atoms with Crippen molar-refractivity contribution in [2.24, 2.45) is 5.92 Å². The molecule has 5 nitrogen and oxygen atoms in total. The number of rotatable bonds is 6. The van der Waals surface area contributed by atoms with Crippen molar-refractivity contribution in [2.75, 3.05) is 20.1 Å². The van der Waals surface area contributed by atoms with Crippen LogP contribution in [0.2, 0.25) is 0 Å². The Balaban J connectivity index is 1.67. The van der Waals surface area contributed by atoms with Gasteiger partial charge in [0, 0.05) is 36.2 Å². The molecule has 2 aliphatic rings. The Kier molecular flexibility index (Phi) is 5.30. The van der Waals surface area contributed by atoms with Crippen molar-refractivity contribution in [3.8, 4) is 0 Å². The zero-order valence-corrected chi connectivity index (χ0v) is 17.1. The predicted molar refractivity (Wildman–Crippen MR) is 113 cm³/mol. The smallest absolute Gasteiger partial charge is 0.232 e. The van der Waals surface area contributed by atoms with Crippen LogP contribution in [0.15, 0.2) is 30.5 Å². The zero-order valence-electron chi connectivity index (χ0n) is 17.1. The maximum Gasteiger partial charge on any atom is 0.232 e. The normalized spacial score (nSPS) is 22.6. The quantitative estimate of drug-likeness (QED) is 0.596. The Morgan fingerprint density at radius 2 is 2.21 bits per heavy atom. The number of likely N-dealkylation sites (N-methyl/N-ethyl adjacent to an activating group) is 1. The molecular weight excluding hydrogens is 350 g/mol. The predicted octanol–water partition coefficient (Wildman–Crippen LogP) is 3.39. The van der Waals surface area contributed by atoms with Crippen molar-refractivity contribution in [2.45, 2.75) is 51.8 Å². The largest absolute Gasteiger partial charge is 0.374 e. The lowest BCUT2D eigenvalue weighted by Gasteiger charge is -2.41. The van der Waals surface area contributed by atoms with Crippen molar-refractivity contribution in [1.29, 1.82) is 0 Å². The number of amides is 1. The third-order valence-corrected chi connectivity index (χ3v) is 6.32. The number of aliphatic hydroxyl groups excluding tert-OH is 1. The van der Waals surface area contributed by atoms with Crippen LogP contribution in [0.3, 0.4) is 0 Å². The summed E-state index contributed by atoms with van der Waals surface area (Å²) in [5, 5.41) is 11.5. The van der Waals surface area contributed by atoms with Crippen LogP contribution in [0.1, 0.15) is 44.2 Å². The minimum atomic E-state index is -0.753. The summed E-state index contributed by atoms with van der Waals surface area (Å²) in [4.78, 5) is 20.6. The van der Waals surface area contributed by atoms with Crippen molar-refractivity contribution in [3.63, 3.8) is 0 Å². The fraction of sp³-hybridized carbons (Fsp3) is 0.522. The number of nitrogens with zero attached hydrogens (tertiary/aromatic N) is 2. The second-order valence-corrected chi connectivity index (χ2v) is 8.30. The van der Waals surface area contributed by atoms with Gasteiger partial charge in [-0.3, -0.25) is 9.69 Å². The number of carbonyl (C=O) groups excluding carboxylic acids is 1. The Labute approximate surface area is 167 Å². The van der Waals surface area contributed by atoms with E-state index in [1.54, 1.807) is 11.8 Å². The second kappa shape index (κ2) is 7.72. The van der Waals surface area contributed by atoms with Crippen molar-refractivity contribution in [1.82, 2.24) is 14.8 Å². The molecule has 2 N–H and O–H groups in total. The highest BCUT2D eigenvalue weighted by molar-refractivity contribution is 5.99. The van der Waals surface area contributed by atoms with Gasteiger partial charge < -0.3 is 15.0 Å². The number of aromatic nitrogens is 1.